The molecule has 0 fully saturated rings. The molecule has 1 amide bonds. The molecular weight excluding hydrogens is 290 g/mol. The molecule has 21 heavy (non-hydrogen) atoms. The van der Waals surface area contributed by atoms with Gasteiger partial charge < -0.3 is 14.6 Å². The number of ether oxygens (including phenoxy) is 1. The number of thiophene rings is 1. The summed E-state index contributed by atoms with van der Waals surface area (Å²) in [6.45, 7) is 7.37. The Balaban J connectivity index is 2.06. The van der Waals surface area contributed by atoms with Gasteiger partial charge in [-0.1, -0.05) is 12.1 Å². The standard InChI is InChI=1S/C14H19N3O3S/c1-5-10(15-13(18)19-14(2,3)4)12-16-11(17-20-12)9-6-7-21-8-9/h6-8,10H,5H2,1-4H3,(H,15,18)/t10-/m0/s1. The van der Waals surface area contributed by atoms with E-state index in [1.807, 2.05) is 44.5 Å². The molecule has 0 saturated heterocycles. The van der Waals surface area contributed by atoms with Crippen molar-refractivity contribution in [3.63, 3.8) is 0 Å². The molecule has 6 nitrogen and oxygen atoms in total. The fraction of sp³-hybridized carbons (Fsp3) is 0.500. The van der Waals surface area contributed by atoms with Crippen LogP contribution in [0.2, 0.25) is 0 Å². The summed E-state index contributed by atoms with van der Waals surface area (Å²) in [5.41, 5.74) is 0.362. The van der Waals surface area contributed by atoms with Crippen molar-refractivity contribution in [3.8, 4) is 11.4 Å². The van der Waals surface area contributed by atoms with Crippen LogP contribution in [0.15, 0.2) is 21.3 Å². The highest BCUT2D eigenvalue weighted by Crippen LogP contribution is 2.22. The average molecular weight is 309 g/mol. The number of amides is 1. The zero-order valence-electron chi connectivity index (χ0n) is 12.5. The monoisotopic (exact) mass is 309 g/mol. The second-order valence-corrected chi connectivity index (χ2v) is 6.36. The van der Waals surface area contributed by atoms with E-state index in [2.05, 4.69) is 15.5 Å². The van der Waals surface area contributed by atoms with Gasteiger partial charge in [-0.15, -0.1) is 0 Å². The van der Waals surface area contributed by atoms with Crippen LogP contribution >= 0.6 is 11.3 Å². The topological polar surface area (TPSA) is 77.2 Å². The molecule has 0 radical (unpaired) electrons. The molecule has 2 rings (SSSR count). The van der Waals surface area contributed by atoms with E-state index in [9.17, 15) is 4.79 Å². The summed E-state index contributed by atoms with van der Waals surface area (Å²) >= 11 is 1.56. The lowest BCUT2D eigenvalue weighted by atomic mass is 10.2. The highest BCUT2D eigenvalue weighted by atomic mass is 32.1. The van der Waals surface area contributed by atoms with Gasteiger partial charge in [0.2, 0.25) is 11.7 Å². The molecule has 0 saturated carbocycles. The van der Waals surface area contributed by atoms with E-state index < -0.39 is 11.7 Å². The number of nitrogens with zero attached hydrogens (tertiary/aromatic N) is 2. The first-order valence-electron chi connectivity index (χ1n) is 6.74. The van der Waals surface area contributed by atoms with E-state index in [1.165, 1.54) is 0 Å². The highest BCUT2D eigenvalue weighted by Gasteiger charge is 2.23. The first kappa shape index (κ1) is 15.5. The minimum Gasteiger partial charge on any atom is -0.444 e. The number of rotatable bonds is 4. The van der Waals surface area contributed by atoms with E-state index in [-0.39, 0.29) is 6.04 Å². The third-order valence-electron chi connectivity index (χ3n) is 2.62. The van der Waals surface area contributed by atoms with Crippen molar-refractivity contribution in [3.05, 3.63) is 22.7 Å². The molecule has 2 heterocycles. The van der Waals surface area contributed by atoms with Gasteiger partial charge in [0, 0.05) is 10.9 Å². The maximum absolute atomic E-state index is 11.8. The summed E-state index contributed by atoms with van der Waals surface area (Å²) in [5.74, 6) is 0.903. The predicted octanol–water partition coefficient (Wildman–Crippen LogP) is 3.77. The van der Waals surface area contributed by atoms with Crippen LogP contribution in [0.5, 0.6) is 0 Å². The summed E-state index contributed by atoms with van der Waals surface area (Å²) < 4.78 is 10.5. The van der Waals surface area contributed by atoms with E-state index in [0.717, 1.165) is 5.56 Å². The molecule has 1 N–H and O–H groups in total. The number of carbonyl (C=O) groups excluding carboxylic acids is 1. The van der Waals surface area contributed by atoms with Gasteiger partial charge in [0.1, 0.15) is 11.6 Å². The van der Waals surface area contributed by atoms with Crippen LogP contribution in [-0.2, 0) is 4.74 Å². The van der Waals surface area contributed by atoms with Crippen molar-refractivity contribution in [2.45, 2.75) is 45.8 Å². The lowest BCUT2D eigenvalue weighted by molar-refractivity contribution is 0.0492. The normalized spacial score (nSPS) is 13.0. The zero-order chi connectivity index (χ0) is 15.5. The Bertz CT molecular complexity index is 587. The van der Waals surface area contributed by atoms with Gasteiger partial charge in [0.25, 0.3) is 0 Å². The van der Waals surface area contributed by atoms with Crippen LogP contribution in [0.25, 0.3) is 11.4 Å². The Morgan fingerprint density at radius 2 is 2.29 bits per heavy atom. The third kappa shape index (κ3) is 4.29. The van der Waals surface area contributed by atoms with E-state index >= 15 is 0 Å². The number of hydrogen-bond donors (Lipinski definition) is 1. The summed E-state index contributed by atoms with van der Waals surface area (Å²) in [4.78, 5) is 16.1. The fourth-order valence-corrected chi connectivity index (χ4v) is 2.31. The molecule has 114 valence electrons. The van der Waals surface area contributed by atoms with Crippen molar-refractivity contribution in [1.29, 1.82) is 0 Å². The average Bonchev–Trinajstić information content (AvgIpc) is 3.03. The summed E-state index contributed by atoms with van der Waals surface area (Å²) in [6, 6.07) is 1.56. The van der Waals surface area contributed by atoms with Crippen molar-refractivity contribution in [2.75, 3.05) is 0 Å². The Hall–Kier alpha value is -1.89. The molecule has 0 aliphatic carbocycles. The maximum Gasteiger partial charge on any atom is 0.408 e. The van der Waals surface area contributed by atoms with Crippen molar-refractivity contribution < 1.29 is 14.1 Å². The summed E-state index contributed by atoms with van der Waals surface area (Å²) in [7, 11) is 0. The van der Waals surface area contributed by atoms with E-state index in [0.29, 0.717) is 18.1 Å². The minimum absolute atomic E-state index is 0.361. The fourth-order valence-electron chi connectivity index (χ4n) is 1.67. The quantitative estimate of drug-likeness (QED) is 0.930. The highest BCUT2D eigenvalue weighted by molar-refractivity contribution is 7.08. The van der Waals surface area contributed by atoms with Crippen molar-refractivity contribution in [2.24, 2.45) is 0 Å². The lowest BCUT2D eigenvalue weighted by Gasteiger charge is -2.21. The minimum atomic E-state index is -0.543. The molecule has 0 aromatic carbocycles. The van der Waals surface area contributed by atoms with Crippen molar-refractivity contribution in [1.82, 2.24) is 15.5 Å². The van der Waals surface area contributed by atoms with E-state index in [4.69, 9.17) is 9.26 Å². The summed E-state index contributed by atoms with van der Waals surface area (Å²) in [5, 5.41) is 10.6. The first-order chi connectivity index (χ1) is 9.89. The first-order valence-corrected chi connectivity index (χ1v) is 7.69. The van der Waals surface area contributed by atoms with Crippen molar-refractivity contribution >= 4 is 17.4 Å². The zero-order valence-corrected chi connectivity index (χ0v) is 13.4. The molecule has 0 unspecified atom stereocenters. The largest absolute Gasteiger partial charge is 0.444 e. The smallest absolute Gasteiger partial charge is 0.408 e. The summed E-state index contributed by atoms with van der Waals surface area (Å²) in [6.07, 6.45) is 0.134. The second-order valence-electron chi connectivity index (χ2n) is 5.58. The number of hydrogen-bond acceptors (Lipinski definition) is 6. The molecule has 2 aromatic heterocycles. The van der Waals surface area contributed by atoms with Gasteiger partial charge in [0.15, 0.2) is 0 Å². The van der Waals surface area contributed by atoms with E-state index in [1.54, 1.807) is 11.3 Å². The van der Waals surface area contributed by atoms with Crippen LogP contribution in [0, 0.1) is 0 Å². The molecule has 1 atom stereocenters. The molecule has 0 spiro atoms. The number of carbonyl (C=O) groups is 1. The second kappa shape index (κ2) is 6.26. The Kier molecular flexibility index (Phi) is 4.62. The van der Waals surface area contributed by atoms with Crippen LogP contribution < -0.4 is 5.32 Å². The Morgan fingerprint density at radius 1 is 1.52 bits per heavy atom. The molecule has 0 aliphatic rings. The van der Waals surface area contributed by atoms with Gasteiger partial charge in [-0.2, -0.15) is 16.3 Å². The molecule has 2 aromatic rings. The Morgan fingerprint density at radius 3 is 2.86 bits per heavy atom. The molecule has 7 heteroatoms. The SMILES string of the molecule is CC[C@H](NC(=O)OC(C)(C)C)c1nc(-c2ccsc2)no1. The van der Waals surface area contributed by atoms with Crippen LogP contribution in [0.1, 0.15) is 46.0 Å². The Labute approximate surface area is 127 Å². The van der Waals surface area contributed by atoms with Gasteiger partial charge >= 0.3 is 6.09 Å². The molecule has 0 aliphatic heterocycles. The van der Waals surface area contributed by atoms with Gasteiger partial charge in [0.05, 0.1) is 0 Å². The van der Waals surface area contributed by atoms with Gasteiger partial charge in [-0.25, -0.2) is 4.79 Å². The predicted molar refractivity (Wildman–Crippen MR) is 80.0 cm³/mol. The molecule has 0 bridgehead atoms. The molecular formula is C14H19N3O3S. The number of nitrogens with one attached hydrogen (secondary N) is 1. The van der Waals surface area contributed by atoms with Gasteiger partial charge in [-0.3, -0.25) is 0 Å². The van der Waals surface area contributed by atoms with Crippen LogP contribution in [-0.4, -0.2) is 21.8 Å². The maximum atomic E-state index is 11.8. The lowest BCUT2D eigenvalue weighted by Crippen LogP contribution is -2.34. The van der Waals surface area contributed by atoms with Crippen LogP contribution in [0.3, 0.4) is 0 Å². The third-order valence-corrected chi connectivity index (χ3v) is 3.30. The van der Waals surface area contributed by atoms with Gasteiger partial charge in [-0.05, 0) is 38.6 Å². The number of aromatic nitrogens is 2. The number of alkyl carbamates (subject to hydrolysis) is 1. The van der Waals surface area contributed by atoms with Crippen LogP contribution in [0.4, 0.5) is 4.79 Å².